The van der Waals surface area contributed by atoms with E-state index >= 15 is 0 Å². The number of aryl methyl sites for hydroxylation is 2. The molecule has 6 nitrogen and oxygen atoms in total. The molecule has 2 aromatic rings. The largest absolute Gasteiger partial charge is 0.372 e. The van der Waals surface area contributed by atoms with Crippen molar-refractivity contribution in [3.8, 4) is 0 Å². The molecule has 6 heteroatoms. The number of guanidine groups is 1. The molecule has 0 aliphatic carbocycles. The van der Waals surface area contributed by atoms with Crippen LogP contribution in [0.2, 0.25) is 0 Å². The summed E-state index contributed by atoms with van der Waals surface area (Å²) >= 11 is 0. The summed E-state index contributed by atoms with van der Waals surface area (Å²) in [6, 6.07) is 8.89. The first kappa shape index (κ1) is 21.2. The Morgan fingerprint density at radius 2 is 1.83 bits per heavy atom. The highest BCUT2D eigenvalue weighted by atomic mass is 15.3. The van der Waals surface area contributed by atoms with Gasteiger partial charge in [0.2, 0.25) is 0 Å². The van der Waals surface area contributed by atoms with Gasteiger partial charge in [0.05, 0.1) is 12.2 Å². The van der Waals surface area contributed by atoms with Gasteiger partial charge in [-0.25, -0.2) is 4.99 Å². The summed E-state index contributed by atoms with van der Waals surface area (Å²) in [5, 5.41) is 11.3. The molecular weight excluding hydrogens is 360 g/mol. The number of hydrogen-bond donors (Lipinski definition) is 2. The van der Waals surface area contributed by atoms with Gasteiger partial charge in [0.1, 0.15) is 0 Å². The van der Waals surface area contributed by atoms with E-state index in [1.54, 1.807) is 0 Å². The molecule has 2 N–H and O–H groups in total. The molecule has 0 atom stereocenters. The third-order valence-electron chi connectivity index (χ3n) is 5.94. The molecule has 0 radical (unpaired) electrons. The zero-order valence-corrected chi connectivity index (χ0v) is 18.6. The second kappa shape index (κ2) is 9.81. The van der Waals surface area contributed by atoms with Crippen LogP contribution in [-0.4, -0.2) is 35.4 Å². The number of piperidine rings is 1. The van der Waals surface area contributed by atoms with Crippen LogP contribution in [0.4, 0.5) is 5.69 Å². The van der Waals surface area contributed by atoms with E-state index in [0.717, 1.165) is 30.7 Å². The number of benzene rings is 1. The summed E-state index contributed by atoms with van der Waals surface area (Å²) in [7, 11) is 1.99. The average molecular weight is 397 g/mol. The van der Waals surface area contributed by atoms with Crippen molar-refractivity contribution in [3.63, 3.8) is 0 Å². The SMILES string of the molecule is CCNC(=NCc1ccc(N2CCC(C)CC2)cc1)NCc1c(C)nn(C)c1C. The topological polar surface area (TPSA) is 57.5 Å². The van der Waals surface area contributed by atoms with Crippen LogP contribution in [0.15, 0.2) is 29.3 Å². The van der Waals surface area contributed by atoms with Gasteiger partial charge in [0.15, 0.2) is 5.96 Å². The van der Waals surface area contributed by atoms with Gasteiger partial charge in [-0.3, -0.25) is 4.68 Å². The van der Waals surface area contributed by atoms with Crippen molar-refractivity contribution in [2.75, 3.05) is 24.5 Å². The number of aromatic nitrogens is 2. The molecule has 0 bridgehead atoms. The van der Waals surface area contributed by atoms with E-state index in [4.69, 9.17) is 4.99 Å². The van der Waals surface area contributed by atoms with Gasteiger partial charge in [-0.15, -0.1) is 0 Å². The van der Waals surface area contributed by atoms with E-state index in [-0.39, 0.29) is 0 Å². The lowest BCUT2D eigenvalue weighted by Gasteiger charge is -2.32. The minimum atomic E-state index is 0.664. The van der Waals surface area contributed by atoms with E-state index in [1.807, 2.05) is 11.7 Å². The van der Waals surface area contributed by atoms with Crippen molar-refractivity contribution in [2.45, 2.75) is 53.6 Å². The highest BCUT2D eigenvalue weighted by Gasteiger charge is 2.15. The summed E-state index contributed by atoms with van der Waals surface area (Å²) in [5.74, 6) is 1.69. The van der Waals surface area contributed by atoms with Gasteiger partial charge < -0.3 is 15.5 Å². The summed E-state index contributed by atoms with van der Waals surface area (Å²) in [6.45, 7) is 13.2. The van der Waals surface area contributed by atoms with Crippen LogP contribution < -0.4 is 15.5 Å². The van der Waals surface area contributed by atoms with Gasteiger partial charge in [0, 0.05) is 50.2 Å². The summed E-state index contributed by atoms with van der Waals surface area (Å²) in [4.78, 5) is 7.27. The highest BCUT2D eigenvalue weighted by molar-refractivity contribution is 5.79. The van der Waals surface area contributed by atoms with Gasteiger partial charge >= 0.3 is 0 Å². The smallest absolute Gasteiger partial charge is 0.191 e. The van der Waals surface area contributed by atoms with Crippen molar-refractivity contribution in [2.24, 2.45) is 18.0 Å². The number of rotatable bonds is 6. The maximum absolute atomic E-state index is 4.77. The summed E-state index contributed by atoms with van der Waals surface area (Å²) < 4.78 is 1.93. The molecule has 2 heterocycles. The molecule has 0 amide bonds. The molecule has 0 unspecified atom stereocenters. The minimum absolute atomic E-state index is 0.664. The van der Waals surface area contributed by atoms with E-state index in [1.165, 1.54) is 48.4 Å². The lowest BCUT2D eigenvalue weighted by atomic mass is 9.99. The lowest BCUT2D eigenvalue weighted by Crippen LogP contribution is -2.37. The molecule has 1 aliphatic rings. The fourth-order valence-electron chi connectivity index (χ4n) is 3.84. The number of hydrogen-bond acceptors (Lipinski definition) is 3. The number of anilines is 1. The third-order valence-corrected chi connectivity index (χ3v) is 5.94. The van der Waals surface area contributed by atoms with Gasteiger partial charge in [-0.05, 0) is 57.2 Å². The van der Waals surface area contributed by atoms with E-state index < -0.39 is 0 Å². The quantitative estimate of drug-likeness (QED) is 0.579. The first-order valence-electron chi connectivity index (χ1n) is 10.8. The highest BCUT2D eigenvalue weighted by Crippen LogP contribution is 2.23. The second-order valence-corrected chi connectivity index (χ2v) is 8.16. The molecule has 158 valence electrons. The molecule has 1 saturated heterocycles. The molecule has 3 rings (SSSR count). The van der Waals surface area contributed by atoms with Crippen molar-refractivity contribution in [1.29, 1.82) is 0 Å². The Kier molecular flexibility index (Phi) is 7.18. The van der Waals surface area contributed by atoms with Crippen LogP contribution in [-0.2, 0) is 20.1 Å². The maximum atomic E-state index is 4.77. The number of aliphatic imine (C=N–C) groups is 1. The first-order chi connectivity index (χ1) is 14.0. The Bertz CT molecular complexity index is 813. The van der Waals surface area contributed by atoms with Gasteiger partial charge in [-0.2, -0.15) is 5.10 Å². The van der Waals surface area contributed by atoms with Crippen LogP contribution in [0, 0.1) is 19.8 Å². The standard InChI is InChI=1S/C23H36N6/c1-6-24-23(26-16-22-18(3)27-28(5)19(22)4)25-15-20-7-9-21(10-8-20)29-13-11-17(2)12-14-29/h7-10,17H,6,11-16H2,1-5H3,(H2,24,25,26). The van der Waals surface area contributed by atoms with Crippen LogP contribution in [0.3, 0.4) is 0 Å². The Labute approximate surface area is 175 Å². The molecule has 1 aromatic carbocycles. The molecule has 1 fully saturated rings. The zero-order chi connectivity index (χ0) is 20.8. The zero-order valence-electron chi connectivity index (χ0n) is 18.6. The van der Waals surface area contributed by atoms with Crippen LogP contribution in [0.25, 0.3) is 0 Å². The second-order valence-electron chi connectivity index (χ2n) is 8.16. The van der Waals surface area contributed by atoms with Crippen LogP contribution in [0.5, 0.6) is 0 Å². The maximum Gasteiger partial charge on any atom is 0.191 e. The average Bonchev–Trinajstić information content (AvgIpc) is 2.96. The fourth-order valence-corrected chi connectivity index (χ4v) is 3.84. The Balaban J connectivity index is 1.59. The molecular formula is C23H36N6. The van der Waals surface area contributed by atoms with Crippen LogP contribution >= 0.6 is 0 Å². The third kappa shape index (κ3) is 5.52. The first-order valence-corrected chi connectivity index (χ1v) is 10.8. The summed E-state index contributed by atoms with van der Waals surface area (Å²) in [6.07, 6.45) is 2.58. The Hall–Kier alpha value is -2.50. The Morgan fingerprint density at radius 1 is 1.14 bits per heavy atom. The molecule has 1 aliphatic heterocycles. The Morgan fingerprint density at radius 3 is 2.41 bits per heavy atom. The molecule has 0 spiro atoms. The van der Waals surface area contributed by atoms with E-state index in [2.05, 4.69) is 72.6 Å². The number of nitrogens with one attached hydrogen (secondary N) is 2. The van der Waals surface area contributed by atoms with Crippen molar-refractivity contribution >= 4 is 11.6 Å². The lowest BCUT2D eigenvalue weighted by molar-refractivity contribution is 0.438. The minimum Gasteiger partial charge on any atom is -0.372 e. The van der Waals surface area contributed by atoms with Crippen molar-refractivity contribution < 1.29 is 0 Å². The van der Waals surface area contributed by atoms with E-state index in [9.17, 15) is 0 Å². The molecule has 29 heavy (non-hydrogen) atoms. The van der Waals surface area contributed by atoms with Gasteiger partial charge in [-0.1, -0.05) is 19.1 Å². The monoisotopic (exact) mass is 396 g/mol. The van der Waals surface area contributed by atoms with Gasteiger partial charge in [0.25, 0.3) is 0 Å². The van der Waals surface area contributed by atoms with E-state index in [0.29, 0.717) is 6.54 Å². The fraction of sp³-hybridized carbons (Fsp3) is 0.565. The van der Waals surface area contributed by atoms with Crippen molar-refractivity contribution in [1.82, 2.24) is 20.4 Å². The summed E-state index contributed by atoms with van der Waals surface area (Å²) in [5.41, 5.74) is 6.05. The predicted octanol–water partition coefficient (Wildman–Crippen LogP) is 3.53. The van der Waals surface area contributed by atoms with Crippen LogP contribution in [0.1, 0.15) is 49.2 Å². The molecule has 1 aromatic heterocycles. The normalized spacial score (nSPS) is 15.6. The van der Waals surface area contributed by atoms with Crippen molar-refractivity contribution in [3.05, 3.63) is 46.8 Å². The number of nitrogens with zero attached hydrogens (tertiary/aromatic N) is 4. The predicted molar refractivity (Wildman–Crippen MR) is 121 cm³/mol. The molecule has 0 saturated carbocycles.